The first-order chi connectivity index (χ1) is 7.87. The largest absolute Gasteiger partial charge is 0.384 e. The highest BCUT2D eigenvalue weighted by atomic mass is 32.2. The maximum atomic E-state index is 12.2. The maximum absolute atomic E-state index is 12.2. The Hall–Kier alpha value is -1.14. The van der Waals surface area contributed by atoms with Crippen LogP contribution in [-0.4, -0.2) is 31.3 Å². The van der Waals surface area contributed by atoms with E-state index < -0.39 is 10.0 Å². The van der Waals surface area contributed by atoms with E-state index in [9.17, 15) is 8.42 Å². The van der Waals surface area contributed by atoms with Crippen LogP contribution in [0.5, 0.6) is 0 Å². The van der Waals surface area contributed by atoms with Gasteiger partial charge in [-0.3, -0.25) is 0 Å². The Balaban J connectivity index is 2.95. The number of anilines is 1. The van der Waals surface area contributed by atoms with Gasteiger partial charge in [0.05, 0.1) is 4.90 Å². The molecule has 1 aromatic heterocycles. The lowest BCUT2D eigenvalue weighted by Crippen LogP contribution is -2.31. The summed E-state index contributed by atoms with van der Waals surface area (Å²) in [5.41, 5.74) is 5.49. The Morgan fingerprint density at radius 3 is 2.71 bits per heavy atom. The van der Waals surface area contributed by atoms with Crippen LogP contribution in [0.4, 0.5) is 5.82 Å². The van der Waals surface area contributed by atoms with Crippen molar-refractivity contribution in [3.8, 4) is 0 Å². The van der Waals surface area contributed by atoms with Crippen LogP contribution in [0.25, 0.3) is 0 Å². The number of sulfonamides is 1. The Bertz CT molecular complexity index is 473. The summed E-state index contributed by atoms with van der Waals surface area (Å²) in [7, 11) is -1.87. The minimum absolute atomic E-state index is 0.191. The number of nitrogen functional groups attached to an aromatic ring is 1. The molecule has 17 heavy (non-hydrogen) atoms. The average Bonchev–Trinajstić information content (AvgIpc) is 2.28. The number of nitrogens with two attached hydrogens (primary N) is 1. The summed E-state index contributed by atoms with van der Waals surface area (Å²) in [4.78, 5) is 3.98. The number of hydrogen-bond donors (Lipinski definition) is 1. The van der Waals surface area contributed by atoms with Gasteiger partial charge in [0.15, 0.2) is 0 Å². The summed E-state index contributed by atoms with van der Waals surface area (Å²) in [5.74, 6) is 0.539. The molecule has 0 aromatic carbocycles. The minimum atomic E-state index is -3.45. The van der Waals surface area contributed by atoms with Crippen LogP contribution in [0.15, 0.2) is 23.2 Å². The fourth-order valence-electron chi connectivity index (χ4n) is 1.43. The molecule has 0 fully saturated rings. The standard InChI is InChI=1S/C11H19N3O2S/c1-4-9(2)8-14(3)17(15,16)10-5-6-13-11(12)7-10/h5-7,9H,4,8H2,1-3H3,(H2,12,13). The van der Waals surface area contributed by atoms with E-state index in [1.807, 2.05) is 13.8 Å². The molecule has 0 spiro atoms. The molecule has 0 amide bonds. The Kier molecular flexibility index (Phi) is 4.47. The maximum Gasteiger partial charge on any atom is 0.243 e. The SMILES string of the molecule is CCC(C)CN(C)S(=O)(=O)c1ccnc(N)c1. The molecule has 2 N–H and O–H groups in total. The Morgan fingerprint density at radius 1 is 1.53 bits per heavy atom. The zero-order valence-electron chi connectivity index (χ0n) is 10.4. The summed E-state index contributed by atoms with van der Waals surface area (Å²) < 4.78 is 25.7. The molecule has 0 saturated heterocycles. The summed E-state index contributed by atoms with van der Waals surface area (Å²) >= 11 is 0. The zero-order valence-corrected chi connectivity index (χ0v) is 11.2. The summed E-state index contributed by atoms with van der Waals surface area (Å²) in [6.45, 7) is 4.56. The molecule has 1 atom stereocenters. The molecule has 6 heteroatoms. The van der Waals surface area contributed by atoms with E-state index in [2.05, 4.69) is 4.98 Å². The summed E-state index contributed by atoms with van der Waals surface area (Å²) in [5, 5.41) is 0. The highest BCUT2D eigenvalue weighted by Gasteiger charge is 2.22. The number of hydrogen-bond acceptors (Lipinski definition) is 4. The van der Waals surface area contributed by atoms with E-state index in [4.69, 9.17) is 5.73 Å². The van der Waals surface area contributed by atoms with Gasteiger partial charge in [-0.1, -0.05) is 20.3 Å². The Labute approximate surface area is 103 Å². The lowest BCUT2D eigenvalue weighted by molar-refractivity contribution is 0.393. The highest BCUT2D eigenvalue weighted by Crippen LogP contribution is 2.17. The van der Waals surface area contributed by atoms with Crippen LogP contribution in [-0.2, 0) is 10.0 Å². The number of rotatable bonds is 5. The number of aromatic nitrogens is 1. The van der Waals surface area contributed by atoms with Gasteiger partial charge < -0.3 is 5.73 Å². The molecule has 1 rings (SSSR count). The van der Waals surface area contributed by atoms with Crippen LogP contribution in [0, 0.1) is 5.92 Å². The summed E-state index contributed by atoms with van der Waals surface area (Å²) in [6.07, 6.45) is 2.34. The van der Waals surface area contributed by atoms with Crippen molar-refractivity contribution < 1.29 is 8.42 Å². The molecule has 0 aliphatic rings. The van der Waals surface area contributed by atoms with Gasteiger partial charge in [0, 0.05) is 25.9 Å². The second-order valence-electron chi connectivity index (χ2n) is 4.22. The van der Waals surface area contributed by atoms with Crippen LogP contribution in [0.3, 0.4) is 0 Å². The zero-order chi connectivity index (χ0) is 13.1. The van der Waals surface area contributed by atoms with E-state index in [1.54, 1.807) is 7.05 Å². The monoisotopic (exact) mass is 257 g/mol. The fraction of sp³-hybridized carbons (Fsp3) is 0.545. The first kappa shape index (κ1) is 13.9. The van der Waals surface area contributed by atoms with Gasteiger partial charge in [-0.15, -0.1) is 0 Å². The normalized spacial score (nSPS) is 13.9. The minimum Gasteiger partial charge on any atom is -0.384 e. The second-order valence-corrected chi connectivity index (χ2v) is 6.26. The molecular weight excluding hydrogens is 238 g/mol. The third-order valence-electron chi connectivity index (χ3n) is 2.73. The number of nitrogens with zero attached hydrogens (tertiary/aromatic N) is 2. The van der Waals surface area contributed by atoms with E-state index >= 15 is 0 Å². The molecule has 1 heterocycles. The van der Waals surface area contributed by atoms with Crippen molar-refractivity contribution in [2.75, 3.05) is 19.3 Å². The molecule has 0 bridgehead atoms. The lowest BCUT2D eigenvalue weighted by atomic mass is 10.1. The quantitative estimate of drug-likeness (QED) is 0.863. The van der Waals surface area contributed by atoms with Gasteiger partial charge >= 0.3 is 0 Å². The molecule has 96 valence electrons. The van der Waals surface area contributed by atoms with Crippen molar-refractivity contribution in [2.45, 2.75) is 25.2 Å². The molecule has 0 aliphatic heterocycles. The first-order valence-electron chi connectivity index (χ1n) is 5.55. The van der Waals surface area contributed by atoms with Gasteiger partial charge in [0.1, 0.15) is 5.82 Å². The van der Waals surface area contributed by atoms with Gasteiger partial charge in [0.2, 0.25) is 10.0 Å². The predicted molar refractivity (Wildman–Crippen MR) is 67.9 cm³/mol. The van der Waals surface area contributed by atoms with Crippen LogP contribution >= 0.6 is 0 Å². The third kappa shape index (κ3) is 3.41. The number of pyridine rings is 1. The van der Waals surface area contributed by atoms with E-state index in [1.165, 1.54) is 22.6 Å². The molecule has 1 aromatic rings. The third-order valence-corrected chi connectivity index (χ3v) is 4.55. The van der Waals surface area contributed by atoms with E-state index in [0.717, 1.165) is 6.42 Å². The lowest BCUT2D eigenvalue weighted by Gasteiger charge is -2.20. The van der Waals surface area contributed by atoms with Gasteiger partial charge in [-0.25, -0.2) is 17.7 Å². The van der Waals surface area contributed by atoms with Crippen molar-refractivity contribution in [2.24, 2.45) is 5.92 Å². The smallest absolute Gasteiger partial charge is 0.243 e. The van der Waals surface area contributed by atoms with E-state index in [0.29, 0.717) is 12.5 Å². The van der Waals surface area contributed by atoms with Crippen LogP contribution in [0.1, 0.15) is 20.3 Å². The van der Waals surface area contributed by atoms with Crippen molar-refractivity contribution in [3.63, 3.8) is 0 Å². The average molecular weight is 257 g/mol. The molecule has 0 saturated carbocycles. The first-order valence-corrected chi connectivity index (χ1v) is 6.99. The summed E-state index contributed by atoms with van der Waals surface area (Å²) in [6, 6.07) is 2.83. The second kappa shape index (κ2) is 5.46. The van der Waals surface area contributed by atoms with Crippen molar-refractivity contribution >= 4 is 15.8 Å². The molecule has 0 radical (unpaired) electrons. The highest BCUT2D eigenvalue weighted by molar-refractivity contribution is 7.89. The van der Waals surface area contributed by atoms with Gasteiger partial charge in [-0.05, 0) is 12.0 Å². The Morgan fingerprint density at radius 2 is 2.18 bits per heavy atom. The van der Waals surface area contributed by atoms with Crippen LogP contribution in [0.2, 0.25) is 0 Å². The topological polar surface area (TPSA) is 76.3 Å². The predicted octanol–water partition coefficient (Wildman–Crippen LogP) is 1.33. The van der Waals surface area contributed by atoms with Crippen molar-refractivity contribution in [1.82, 2.24) is 9.29 Å². The van der Waals surface area contributed by atoms with Crippen molar-refractivity contribution in [1.29, 1.82) is 0 Å². The van der Waals surface area contributed by atoms with E-state index in [-0.39, 0.29) is 10.7 Å². The molecular formula is C11H19N3O2S. The van der Waals surface area contributed by atoms with Gasteiger partial charge in [-0.2, -0.15) is 0 Å². The van der Waals surface area contributed by atoms with Crippen LogP contribution < -0.4 is 5.73 Å². The molecule has 0 aliphatic carbocycles. The van der Waals surface area contributed by atoms with Crippen molar-refractivity contribution in [3.05, 3.63) is 18.3 Å². The fourth-order valence-corrected chi connectivity index (χ4v) is 2.75. The molecule has 1 unspecified atom stereocenters. The molecule has 5 nitrogen and oxygen atoms in total. The van der Waals surface area contributed by atoms with Gasteiger partial charge in [0.25, 0.3) is 0 Å².